The molecule has 0 spiro atoms. The van der Waals surface area contributed by atoms with Crippen molar-refractivity contribution in [3.05, 3.63) is 110 Å². The molecule has 1 unspecified atom stereocenters. The van der Waals surface area contributed by atoms with Crippen molar-refractivity contribution in [1.29, 1.82) is 0 Å². The molecule has 0 saturated carbocycles. The van der Waals surface area contributed by atoms with Gasteiger partial charge in [0, 0.05) is 64.6 Å². The lowest BCUT2D eigenvalue weighted by Gasteiger charge is -2.42. The number of rotatable bonds is 6. The Morgan fingerprint density at radius 1 is 0.912 bits per heavy atom. The number of nitrogens with one attached hydrogen (secondary N) is 1. The van der Waals surface area contributed by atoms with Crippen LogP contribution in [0.15, 0.2) is 54.6 Å². The summed E-state index contributed by atoms with van der Waals surface area (Å²) in [5.41, 5.74) is 6.48. The highest BCUT2D eigenvalue weighted by atomic mass is 35.5. The summed E-state index contributed by atoms with van der Waals surface area (Å²) in [6.45, 7) is 15.0. The third-order valence-electron chi connectivity index (χ3n) is 11.9. The van der Waals surface area contributed by atoms with Gasteiger partial charge < -0.3 is 9.80 Å². The normalized spacial score (nSPS) is 19.3. The van der Waals surface area contributed by atoms with E-state index >= 15 is 4.39 Å². The molecule has 0 bridgehead atoms. The predicted octanol–water partition coefficient (Wildman–Crippen LogP) is 6.69. The van der Waals surface area contributed by atoms with Gasteiger partial charge in [-0.25, -0.2) is 9.24 Å². The van der Waals surface area contributed by atoms with E-state index in [9.17, 15) is 19.2 Å². The summed E-state index contributed by atoms with van der Waals surface area (Å²) in [7, 11) is 0. The van der Waals surface area contributed by atoms with Crippen LogP contribution in [0, 0.1) is 44.0 Å². The zero-order chi connectivity index (χ0) is 40.0. The molecular formula is C44H41ClFN7O4. The molecule has 8 rings (SSSR count). The number of anilines is 1. The quantitative estimate of drug-likeness (QED) is 0.132. The van der Waals surface area contributed by atoms with E-state index in [0.29, 0.717) is 33.4 Å². The van der Waals surface area contributed by atoms with Crippen molar-refractivity contribution >= 4 is 46.6 Å². The Morgan fingerprint density at radius 3 is 2.37 bits per heavy atom. The average molecular weight is 786 g/mol. The van der Waals surface area contributed by atoms with Crippen LogP contribution in [0.5, 0.6) is 0 Å². The molecular weight excluding hydrogens is 745 g/mol. The fourth-order valence-corrected chi connectivity index (χ4v) is 8.69. The number of carbonyl (C=O) groups excluding carboxylic acids is 4. The number of hydrogen-bond acceptors (Lipinski definition) is 7. The molecule has 57 heavy (non-hydrogen) atoms. The van der Waals surface area contributed by atoms with Gasteiger partial charge in [0.2, 0.25) is 17.5 Å². The van der Waals surface area contributed by atoms with Gasteiger partial charge in [-0.05, 0) is 101 Å². The van der Waals surface area contributed by atoms with Gasteiger partial charge in [0.05, 0.1) is 29.9 Å². The number of benzene rings is 3. The molecule has 0 aliphatic carbocycles. The number of piperidine rings is 3. The first-order valence-electron chi connectivity index (χ1n) is 19.3. The van der Waals surface area contributed by atoms with E-state index in [1.54, 1.807) is 35.0 Å². The molecule has 11 nitrogen and oxygen atoms in total. The molecule has 1 atom stereocenters. The first-order valence-corrected chi connectivity index (χ1v) is 19.7. The van der Waals surface area contributed by atoms with Crippen LogP contribution in [-0.4, -0.2) is 81.5 Å². The lowest BCUT2D eigenvalue weighted by molar-refractivity contribution is -0.136. The fourth-order valence-electron chi connectivity index (χ4n) is 8.46. The zero-order valence-electron chi connectivity index (χ0n) is 31.8. The van der Waals surface area contributed by atoms with E-state index in [-0.39, 0.29) is 36.7 Å². The highest BCUT2D eigenvalue weighted by molar-refractivity contribution is 6.33. The molecule has 5 heterocycles. The molecule has 290 valence electrons. The molecule has 4 aromatic rings. The van der Waals surface area contributed by atoms with Gasteiger partial charge in [0.15, 0.2) is 0 Å². The lowest BCUT2D eigenvalue weighted by Crippen LogP contribution is -2.54. The fraction of sp³-hybridized carbons (Fsp3) is 0.364. The Hall–Kier alpha value is -5.82. The largest absolute Gasteiger partial charge is 0.371 e. The molecule has 3 aromatic carbocycles. The van der Waals surface area contributed by atoms with Gasteiger partial charge in [0.25, 0.3) is 11.8 Å². The van der Waals surface area contributed by atoms with Crippen LogP contribution in [0.2, 0.25) is 5.02 Å². The summed E-state index contributed by atoms with van der Waals surface area (Å²) >= 11 is 6.28. The molecule has 0 radical (unpaired) electrons. The number of amides is 4. The third-order valence-corrected chi connectivity index (χ3v) is 12.2. The molecule has 3 fully saturated rings. The Balaban J connectivity index is 0.830. The highest BCUT2D eigenvalue weighted by Crippen LogP contribution is 2.34. The second-order valence-electron chi connectivity index (χ2n) is 15.3. The van der Waals surface area contributed by atoms with E-state index < -0.39 is 29.7 Å². The molecule has 4 aliphatic rings. The Bertz CT molecular complexity index is 2430. The van der Waals surface area contributed by atoms with E-state index in [4.69, 9.17) is 23.3 Å². The summed E-state index contributed by atoms with van der Waals surface area (Å²) in [6.07, 6.45) is 4.05. The van der Waals surface area contributed by atoms with Crippen molar-refractivity contribution in [3.63, 3.8) is 0 Å². The van der Waals surface area contributed by atoms with Gasteiger partial charge in [-0.1, -0.05) is 41.6 Å². The predicted molar refractivity (Wildman–Crippen MR) is 213 cm³/mol. The maximum Gasteiger partial charge on any atom is 0.262 e. The van der Waals surface area contributed by atoms with Crippen LogP contribution in [0.25, 0.3) is 16.1 Å². The summed E-state index contributed by atoms with van der Waals surface area (Å²) < 4.78 is 17.2. The number of likely N-dealkylation sites (tertiary alicyclic amines) is 1. The monoisotopic (exact) mass is 785 g/mol. The Morgan fingerprint density at radius 2 is 1.67 bits per heavy atom. The number of hydrogen-bond donors (Lipinski definition) is 1. The number of fused-ring (bicyclic) bond motifs is 1. The summed E-state index contributed by atoms with van der Waals surface area (Å²) in [4.78, 5) is 59.7. The van der Waals surface area contributed by atoms with Crippen molar-refractivity contribution in [2.24, 2.45) is 5.92 Å². The minimum Gasteiger partial charge on any atom is -0.371 e. The molecule has 13 heteroatoms. The Kier molecular flexibility index (Phi) is 10.4. The van der Waals surface area contributed by atoms with Gasteiger partial charge in [-0.15, -0.1) is 0 Å². The van der Waals surface area contributed by atoms with E-state index in [1.165, 1.54) is 6.07 Å². The molecule has 3 saturated heterocycles. The first-order chi connectivity index (χ1) is 27.5. The van der Waals surface area contributed by atoms with Gasteiger partial charge in [-0.3, -0.25) is 34.1 Å². The summed E-state index contributed by atoms with van der Waals surface area (Å²) in [5.74, 6) is 4.54. The zero-order valence-corrected chi connectivity index (χ0v) is 32.5. The molecule has 1 N–H and O–H groups in total. The summed E-state index contributed by atoms with van der Waals surface area (Å²) in [6, 6.07) is 15.2. The van der Waals surface area contributed by atoms with E-state index in [1.807, 2.05) is 32.0 Å². The average Bonchev–Trinajstić information content (AvgIpc) is 3.64. The van der Waals surface area contributed by atoms with Gasteiger partial charge in [-0.2, -0.15) is 5.10 Å². The topological polar surface area (TPSA) is 112 Å². The SMILES string of the molecule is [C-]#[N+]c1ccc(-c2nn(Cc3ccc(C#CC4CCN(C5CCN(c6ccc7c(c6)C(=O)N(C6CCC(=O)NC6=O)C7=O)CC5)CC4)cc3F)c(C)c2C)cc1Cl. The van der Waals surface area contributed by atoms with Gasteiger partial charge >= 0.3 is 0 Å². The van der Waals surface area contributed by atoms with Crippen molar-refractivity contribution in [2.75, 3.05) is 31.1 Å². The van der Waals surface area contributed by atoms with Crippen LogP contribution in [0.3, 0.4) is 0 Å². The maximum atomic E-state index is 15.4. The van der Waals surface area contributed by atoms with Crippen molar-refractivity contribution < 1.29 is 23.6 Å². The van der Waals surface area contributed by atoms with Crippen LogP contribution in [-0.2, 0) is 16.1 Å². The molecule has 1 aromatic heterocycles. The van der Waals surface area contributed by atoms with Crippen molar-refractivity contribution in [2.45, 2.75) is 71.0 Å². The van der Waals surface area contributed by atoms with Crippen LogP contribution in [0.1, 0.15) is 81.6 Å². The number of nitrogens with zero attached hydrogens (tertiary/aromatic N) is 6. The third kappa shape index (κ3) is 7.43. The van der Waals surface area contributed by atoms with Crippen molar-refractivity contribution in [3.8, 4) is 23.1 Å². The highest BCUT2D eigenvalue weighted by Gasteiger charge is 2.45. The van der Waals surface area contributed by atoms with E-state index in [2.05, 4.69) is 31.8 Å². The number of halogens is 2. The number of carbonyl (C=O) groups is 4. The second kappa shape index (κ2) is 15.6. The minimum absolute atomic E-state index is 0.0861. The van der Waals surface area contributed by atoms with Crippen LogP contribution >= 0.6 is 11.6 Å². The van der Waals surface area contributed by atoms with Crippen LogP contribution in [0.4, 0.5) is 15.8 Å². The number of aromatic nitrogens is 2. The van der Waals surface area contributed by atoms with Crippen molar-refractivity contribution in [1.82, 2.24) is 24.9 Å². The summed E-state index contributed by atoms with van der Waals surface area (Å²) in [5, 5.41) is 7.38. The minimum atomic E-state index is -0.980. The smallest absolute Gasteiger partial charge is 0.262 e. The Labute approximate surface area is 335 Å². The molecule has 4 aliphatic heterocycles. The lowest BCUT2D eigenvalue weighted by atomic mass is 9.93. The first kappa shape index (κ1) is 38.1. The molecule has 4 amide bonds. The second-order valence-corrected chi connectivity index (χ2v) is 15.7. The van der Waals surface area contributed by atoms with E-state index in [0.717, 1.165) is 85.0 Å². The van der Waals surface area contributed by atoms with Gasteiger partial charge in [0.1, 0.15) is 11.9 Å². The maximum absolute atomic E-state index is 15.4. The number of imide groups is 2. The standard InChI is InChI=1S/C44H41ClFN7O4/c1-26-27(2)52(49-41(26)30-8-11-38(47-3)36(45)23-30)25-31-7-6-29(22-37(31)46)5-4-28-14-18-50(19-15-28)32-16-20-51(21-17-32)33-9-10-34-35(24-33)44(57)53(43(34)56)39-12-13-40(54)48-42(39)55/h6-11,22-24,28,32,39H,12-21,25H2,1-2H3,(H,48,54,55). The van der Waals surface area contributed by atoms with Crippen LogP contribution < -0.4 is 10.2 Å².